The Balaban J connectivity index is 1.71. The largest absolute Gasteiger partial charge is 0.306 e. The highest BCUT2D eigenvalue weighted by Crippen LogP contribution is 2.18. The maximum Gasteiger partial charge on any atom is 0.262 e. The average Bonchev–Trinajstić information content (AvgIpc) is 2.69. The minimum atomic E-state index is -0.370. The Morgan fingerprint density at radius 2 is 1.74 bits per heavy atom. The van der Waals surface area contributed by atoms with Crippen LogP contribution in [0.25, 0.3) is 22.4 Å². The van der Waals surface area contributed by atoms with Gasteiger partial charge in [-0.2, -0.15) is 4.98 Å². The van der Waals surface area contributed by atoms with Crippen molar-refractivity contribution in [3.8, 4) is 11.4 Å². The lowest BCUT2D eigenvalue weighted by molar-refractivity contribution is 0.102. The molecule has 0 aliphatic heterocycles. The van der Waals surface area contributed by atoms with Gasteiger partial charge in [0.25, 0.3) is 11.5 Å². The Hall–Kier alpha value is -3.58. The zero-order chi connectivity index (χ0) is 18.8. The lowest BCUT2D eigenvalue weighted by Crippen LogP contribution is -2.16. The van der Waals surface area contributed by atoms with Crippen molar-refractivity contribution in [2.24, 2.45) is 0 Å². The van der Waals surface area contributed by atoms with E-state index in [-0.39, 0.29) is 28.4 Å². The third-order valence-electron chi connectivity index (χ3n) is 3.84. The summed E-state index contributed by atoms with van der Waals surface area (Å²) in [4.78, 5) is 39.9. The molecule has 0 aliphatic rings. The van der Waals surface area contributed by atoms with Crippen LogP contribution in [0, 0.1) is 0 Å². The molecule has 2 aromatic carbocycles. The summed E-state index contributed by atoms with van der Waals surface area (Å²) in [7, 11) is 0. The number of anilines is 1. The van der Waals surface area contributed by atoms with Gasteiger partial charge in [0.05, 0.1) is 0 Å². The normalized spacial score (nSPS) is 10.7. The molecule has 0 saturated carbocycles. The predicted molar refractivity (Wildman–Crippen MR) is 103 cm³/mol. The van der Waals surface area contributed by atoms with Crippen LogP contribution in [-0.2, 0) is 0 Å². The molecular formula is C19H12ClN5O2. The Morgan fingerprint density at radius 1 is 1.00 bits per heavy atom. The molecule has 4 rings (SSSR count). The van der Waals surface area contributed by atoms with E-state index < -0.39 is 0 Å². The highest BCUT2D eigenvalue weighted by molar-refractivity contribution is 6.30. The molecule has 0 atom stereocenters. The number of aromatic nitrogens is 4. The van der Waals surface area contributed by atoms with E-state index >= 15 is 0 Å². The first-order chi connectivity index (χ1) is 13.1. The summed E-state index contributed by atoms with van der Waals surface area (Å²) in [6.07, 6.45) is 1.33. The highest BCUT2D eigenvalue weighted by atomic mass is 35.5. The average molecular weight is 378 g/mol. The third-order valence-corrected chi connectivity index (χ3v) is 4.09. The molecule has 0 unspecified atom stereocenters. The van der Waals surface area contributed by atoms with Gasteiger partial charge in [-0.15, -0.1) is 0 Å². The van der Waals surface area contributed by atoms with Crippen molar-refractivity contribution in [2.45, 2.75) is 0 Å². The number of nitrogens with one attached hydrogen (secondary N) is 2. The lowest BCUT2D eigenvalue weighted by atomic mass is 10.2. The van der Waals surface area contributed by atoms with Crippen LogP contribution in [0.3, 0.4) is 0 Å². The van der Waals surface area contributed by atoms with Crippen LogP contribution in [0.5, 0.6) is 0 Å². The van der Waals surface area contributed by atoms with Crippen molar-refractivity contribution < 1.29 is 4.79 Å². The van der Waals surface area contributed by atoms with E-state index in [9.17, 15) is 9.59 Å². The molecule has 27 heavy (non-hydrogen) atoms. The molecule has 0 fully saturated rings. The fraction of sp³-hybridized carbons (Fsp3) is 0. The van der Waals surface area contributed by atoms with Gasteiger partial charge in [-0.25, -0.2) is 9.97 Å². The molecule has 0 aliphatic carbocycles. The van der Waals surface area contributed by atoms with E-state index in [4.69, 9.17) is 11.6 Å². The number of aromatic amines is 1. The first-order valence-corrected chi connectivity index (χ1v) is 8.37. The fourth-order valence-electron chi connectivity index (χ4n) is 2.49. The van der Waals surface area contributed by atoms with Crippen molar-refractivity contribution in [1.82, 2.24) is 19.9 Å². The van der Waals surface area contributed by atoms with Crippen LogP contribution in [0.2, 0.25) is 5.02 Å². The van der Waals surface area contributed by atoms with Crippen LogP contribution in [0.4, 0.5) is 5.95 Å². The second-order valence-corrected chi connectivity index (χ2v) is 6.11. The van der Waals surface area contributed by atoms with E-state index in [1.807, 2.05) is 6.07 Å². The molecule has 2 N–H and O–H groups in total. The fourth-order valence-corrected chi connectivity index (χ4v) is 2.62. The summed E-state index contributed by atoms with van der Waals surface area (Å²) in [5.74, 6) is 0.0671. The van der Waals surface area contributed by atoms with Crippen LogP contribution in [0.1, 0.15) is 10.4 Å². The monoisotopic (exact) mass is 377 g/mol. The zero-order valence-electron chi connectivity index (χ0n) is 13.8. The van der Waals surface area contributed by atoms with Crippen molar-refractivity contribution in [2.75, 3.05) is 5.32 Å². The highest BCUT2D eigenvalue weighted by Gasteiger charge is 2.11. The van der Waals surface area contributed by atoms with Gasteiger partial charge in [0, 0.05) is 22.3 Å². The summed E-state index contributed by atoms with van der Waals surface area (Å²) in [5.41, 5.74) is 0.974. The number of rotatable bonds is 3. The van der Waals surface area contributed by atoms with Crippen LogP contribution in [-0.4, -0.2) is 25.8 Å². The number of carbonyl (C=O) groups is 1. The third kappa shape index (κ3) is 3.54. The van der Waals surface area contributed by atoms with Crippen LogP contribution in [0.15, 0.2) is 65.6 Å². The van der Waals surface area contributed by atoms with E-state index in [0.29, 0.717) is 22.0 Å². The van der Waals surface area contributed by atoms with Crippen LogP contribution >= 0.6 is 11.6 Å². The lowest BCUT2D eigenvalue weighted by Gasteiger charge is -2.06. The molecule has 8 heteroatoms. The number of hydrogen-bond acceptors (Lipinski definition) is 5. The van der Waals surface area contributed by atoms with Gasteiger partial charge in [0.2, 0.25) is 5.95 Å². The molecule has 132 valence electrons. The number of H-pyrrole nitrogens is 1. The first-order valence-electron chi connectivity index (χ1n) is 7.99. The summed E-state index contributed by atoms with van der Waals surface area (Å²) >= 11 is 5.89. The van der Waals surface area contributed by atoms with Crippen molar-refractivity contribution in [1.29, 1.82) is 0 Å². The second-order valence-electron chi connectivity index (χ2n) is 5.67. The van der Waals surface area contributed by atoms with Gasteiger partial charge in [0.1, 0.15) is 11.2 Å². The van der Waals surface area contributed by atoms with Crippen molar-refractivity contribution in [3.05, 3.63) is 81.7 Å². The zero-order valence-corrected chi connectivity index (χ0v) is 14.6. The topological polar surface area (TPSA) is 101 Å². The summed E-state index contributed by atoms with van der Waals surface area (Å²) < 4.78 is 0. The number of amides is 1. The van der Waals surface area contributed by atoms with E-state index in [1.165, 1.54) is 6.20 Å². The molecule has 0 saturated heterocycles. The number of hydrogen-bond donors (Lipinski definition) is 2. The summed E-state index contributed by atoms with van der Waals surface area (Å²) in [6, 6.07) is 15.6. The molecule has 0 spiro atoms. The van der Waals surface area contributed by atoms with E-state index in [1.54, 1.807) is 48.5 Å². The smallest absolute Gasteiger partial charge is 0.262 e. The van der Waals surface area contributed by atoms with Crippen molar-refractivity contribution in [3.63, 3.8) is 0 Å². The number of halogens is 1. The molecule has 0 radical (unpaired) electrons. The predicted octanol–water partition coefficient (Wildman–Crippen LogP) is 3.29. The molecule has 2 heterocycles. The van der Waals surface area contributed by atoms with Crippen LogP contribution < -0.4 is 10.9 Å². The van der Waals surface area contributed by atoms with Crippen molar-refractivity contribution >= 4 is 34.5 Å². The Morgan fingerprint density at radius 3 is 2.48 bits per heavy atom. The number of nitrogens with zero attached hydrogens (tertiary/aromatic N) is 3. The molecule has 2 aromatic heterocycles. The molecular weight excluding hydrogens is 366 g/mol. The van der Waals surface area contributed by atoms with Gasteiger partial charge in [0.15, 0.2) is 5.65 Å². The first kappa shape index (κ1) is 16.9. The SMILES string of the molecule is O=C(Nc1ncc2c(=O)[nH]c(-c3ccc(Cl)cc3)nc2n1)c1ccccc1. The minimum Gasteiger partial charge on any atom is -0.306 e. The Kier molecular flexibility index (Phi) is 4.35. The minimum absolute atomic E-state index is 0.0662. The Bertz CT molecular complexity index is 1190. The van der Waals surface area contributed by atoms with Gasteiger partial charge < -0.3 is 4.98 Å². The van der Waals surface area contributed by atoms with Gasteiger partial charge in [-0.3, -0.25) is 14.9 Å². The Labute approximate surface area is 158 Å². The number of benzene rings is 2. The summed E-state index contributed by atoms with van der Waals surface area (Å²) in [5, 5.41) is 3.41. The van der Waals surface area contributed by atoms with E-state index in [2.05, 4.69) is 25.3 Å². The molecule has 1 amide bonds. The van der Waals surface area contributed by atoms with E-state index in [0.717, 1.165) is 0 Å². The molecule has 7 nitrogen and oxygen atoms in total. The maximum absolute atomic E-state index is 12.3. The molecule has 0 bridgehead atoms. The maximum atomic E-state index is 12.3. The molecule has 4 aromatic rings. The van der Waals surface area contributed by atoms with Gasteiger partial charge in [-0.05, 0) is 36.4 Å². The number of carbonyl (C=O) groups excluding carboxylic acids is 1. The standard InChI is InChI=1S/C19H12ClN5O2/c20-13-8-6-11(7-9-13)15-22-16-14(18(27)23-15)10-21-19(24-16)25-17(26)12-4-2-1-3-5-12/h1-10H,(H2,21,22,23,24,25,26,27). The quantitative estimate of drug-likeness (QED) is 0.570. The number of fused-ring (bicyclic) bond motifs is 1. The van der Waals surface area contributed by atoms with Gasteiger partial charge in [-0.1, -0.05) is 29.8 Å². The second kappa shape index (κ2) is 6.97. The van der Waals surface area contributed by atoms with Gasteiger partial charge >= 0.3 is 0 Å². The summed E-state index contributed by atoms with van der Waals surface area (Å²) in [6.45, 7) is 0.